The highest BCUT2D eigenvalue weighted by Crippen LogP contribution is 2.02. The summed E-state index contributed by atoms with van der Waals surface area (Å²) in [5.41, 5.74) is 5.21. The smallest absolute Gasteiger partial charge is 0.324 e. The lowest BCUT2D eigenvalue weighted by Gasteiger charge is -2.30. The number of nitrogens with one attached hydrogen (secondary N) is 1. The van der Waals surface area contributed by atoms with Gasteiger partial charge in [-0.1, -0.05) is 10.8 Å². The SMILES string of the molecule is C[C@H](N)C(=O)N([C@@H](C)C(=O)O)[S-](=N)=O. The molecule has 82 valence electrons. The lowest BCUT2D eigenvalue weighted by Crippen LogP contribution is -2.48. The highest BCUT2D eigenvalue weighted by molar-refractivity contribution is 7.71. The summed E-state index contributed by atoms with van der Waals surface area (Å²) in [7, 11) is -2.43. The van der Waals surface area contributed by atoms with E-state index >= 15 is 0 Å². The third-order valence-electron chi connectivity index (χ3n) is 1.49. The predicted molar refractivity (Wildman–Crippen MR) is 48.4 cm³/mol. The number of aliphatic carboxylic acids is 1. The minimum absolute atomic E-state index is 0.424. The van der Waals surface area contributed by atoms with E-state index < -0.39 is 34.7 Å². The van der Waals surface area contributed by atoms with Gasteiger partial charge < -0.3 is 24.1 Å². The van der Waals surface area contributed by atoms with Crippen LogP contribution in [0, 0.1) is 4.78 Å². The Kier molecular flexibility index (Phi) is 4.51. The highest BCUT2D eigenvalue weighted by atomic mass is 32.2. The molecule has 0 bridgehead atoms. The number of amides is 1. The zero-order valence-corrected chi connectivity index (χ0v) is 8.58. The van der Waals surface area contributed by atoms with Crippen LogP contribution in [-0.4, -0.2) is 33.4 Å². The van der Waals surface area contributed by atoms with Crippen molar-refractivity contribution in [1.29, 1.82) is 4.78 Å². The Morgan fingerprint density at radius 1 is 1.50 bits per heavy atom. The summed E-state index contributed by atoms with van der Waals surface area (Å²) < 4.78 is 18.1. The fourth-order valence-electron chi connectivity index (χ4n) is 0.717. The summed E-state index contributed by atoms with van der Waals surface area (Å²) >= 11 is 0. The van der Waals surface area contributed by atoms with E-state index in [1.165, 1.54) is 6.92 Å². The standard InChI is InChI=1S/C6H12N3O4S/c1-3(7)5(10)9(14(8)13)4(2)6(11)12/h3-4,8H,7H2,1-2H3,(H,11,12)/q-1/t3-,4-/m0/s1. The number of rotatable bonds is 4. The zero-order valence-electron chi connectivity index (χ0n) is 7.76. The molecule has 0 aliphatic heterocycles. The fourth-order valence-corrected chi connectivity index (χ4v) is 1.42. The Balaban J connectivity index is 4.96. The minimum Gasteiger partial charge on any atom is -0.480 e. The number of hydrogen-bond acceptors (Lipinski definition) is 6. The lowest BCUT2D eigenvalue weighted by atomic mass is 10.3. The van der Waals surface area contributed by atoms with E-state index in [4.69, 9.17) is 15.6 Å². The van der Waals surface area contributed by atoms with Gasteiger partial charge in [0.15, 0.2) is 0 Å². The molecule has 0 aromatic rings. The molecule has 0 aliphatic carbocycles. The molecule has 0 spiro atoms. The van der Waals surface area contributed by atoms with Gasteiger partial charge in [0.05, 0.1) is 6.04 Å². The molecule has 0 saturated carbocycles. The van der Waals surface area contributed by atoms with Crippen molar-refractivity contribution in [3.05, 3.63) is 0 Å². The van der Waals surface area contributed by atoms with Crippen molar-refractivity contribution in [2.75, 3.05) is 0 Å². The van der Waals surface area contributed by atoms with Crippen molar-refractivity contribution in [3.63, 3.8) is 0 Å². The van der Waals surface area contributed by atoms with Gasteiger partial charge in [-0.15, -0.1) is 0 Å². The summed E-state index contributed by atoms with van der Waals surface area (Å²) in [4.78, 5) is 21.8. The van der Waals surface area contributed by atoms with Gasteiger partial charge in [-0.25, -0.2) is 0 Å². The van der Waals surface area contributed by atoms with Gasteiger partial charge >= 0.3 is 5.97 Å². The maximum atomic E-state index is 11.3. The minimum atomic E-state index is -2.43. The molecule has 7 nitrogen and oxygen atoms in total. The quantitative estimate of drug-likeness (QED) is 0.541. The van der Waals surface area contributed by atoms with Gasteiger partial charge in [-0.05, 0) is 13.8 Å². The predicted octanol–water partition coefficient (Wildman–Crippen LogP) is -0.724. The van der Waals surface area contributed by atoms with Crippen molar-refractivity contribution in [3.8, 4) is 0 Å². The molecular weight excluding hydrogens is 210 g/mol. The second-order valence-electron chi connectivity index (χ2n) is 2.72. The molecule has 0 radical (unpaired) electrons. The van der Waals surface area contributed by atoms with E-state index in [9.17, 15) is 13.8 Å². The van der Waals surface area contributed by atoms with Crippen molar-refractivity contribution < 1.29 is 18.9 Å². The van der Waals surface area contributed by atoms with Crippen molar-refractivity contribution in [2.45, 2.75) is 25.9 Å². The molecule has 2 atom stereocenters. The summed E-state index contributed by atoms with van der Waals surface area (Å²) in [5, 5.41) is 8.58. The van der Waals surface area contributed by atoms with Crippen LogP contribution in [0.25, 0.3) is 0 Å². The number of carbonyl (C=O) groups excluding carboxylic acids is 1. The van der Waals surface area contributed by atoms with E-state index in [-0.39, 0.29) is 0 Å². The van der Waals surface area contributed by atoms with E-state index in [1.807, 2.05) is 0 Å². The largest absolute Gasteiger partial charge is 0.480 e. The van der Waals surface area contributed by atoms with Crippen molar-refractivity contribution in [1.82, 2.24) is 4.31 Å². The van der Waals surface area contributed by atoms with Crippen LogP contribution in [0.15, 0.2) is 0 Å². The van der Waals surface area contributed by atoms with Gasteiger partial charge in [-0.3, -0.25) is 9.59 Å². The number of carboxylic acids is 1. The summed E-state index contributed by atoms with van der Waals surface area (Å²) in [5.74, 6) is -2.16. The van der Waals surface area contributed by atoms with Crippen LogP contribution in [-0.2, 0) is 24.6 Å². The summed E-state index contributed by atoms with van der Waals surface area (Å²) in [6.07, 6.45) is 0. The first-order valence-electron chi connectivity index (χ1n) is 3.73. The zero-order chi connectivity index (χ0) is 11.5. The molecule has 0 unspecified atom stereocenters. The van der Waals surface area contributed by atoms with E-state index in [0.717, 1.165) is 6.92 Å². The molecule has 0 heterocycles. The van der Waals surface area contributed by atoms with E-state index in [0.29, 0.717) is 4.31 Å². The van der Waals surface area contributed by atoms with Crippen molar-refractivity contribution in [2.24, 2.45) is 5.73 Å². The van der Waals surface area contributed by atoms with Gasteiger partial charge in [0.1, 0.15) is 6.04 Å². The topological polar surface area (TPSA) is 125 Å². The monoisotopic (exact) mass is 222 g/mol. The molecule has 4 N–H and O–H groups in total. The molecular formula is C6H12N3O4S-. The number of carbonyl (C=O) groups is 2. The molecule has 14 heavy (non-hydrogen) atoms. The Morgan fingerprint density at radius 3 is 2.14 bits per heavy atom. The van der Waals surface area contributed by atoms with Crippen LogP contribution >= 0.6 is 0 Å². The number of hydrogen-bond donors (Lipinski definition) is 3. The lowest BCUT2D eigenvalue weighted by molar-refractivity contribution is -0.145. The first-order valence-corrected chi connectivity index (χ1v) is 4.84. The van der Waals surface area contributed by atoms with Crippen LogP contribution in [0.2, 0.25) is 0 Å². The van der Waals surface area contributed by atoms with Gasteiger partial charge in [0, 0.05) is 0 Å². The molecule has 0 aliphatic rings. The van der Waals surface area contributed by atoms with Crippen LogP contribution < -0.4 is 5.73 Å². The third kappa shape index (κ3) is 2.96. The fraction of sp³-hybridized carbons (Fsp3) is 0.667. The molecule has 0 fully saturated rings. The summed E-state index contributed by atoms with van der Waals surface area (Å²) in [6.45, 7) is 2.49. The second-order valence-corrected chi connectivity index (χ2v) is 3.61. The van der Waals surface area contributed by atoms with E-state index in [2.05, 4.69) is 0 Å². The van der Waals surface area contributed by atoms with Crippen LogP contribution in [0.1, 0.15) is 13.8 Å². The van der Waals surface area contributed by atoms with Crippen LogP contribution in [0.3, 0.4) is 0 Å². The van der Waals surface area contributed by atoms with Gasteiger partial charge in [0.2, 0.25) is 5.91 Å². The van der Waals surface area contributed by atoms with Crippen LogP contribution in [0.4, 0.5) is 0 Å². The van der Waals surface area contributed by atoms with Crippen LogP contribution in [0.5, 0.6) is 0 Å². The summed E-state index contributed by atoms with van der Waals surface area (Å²) in [6, 6.07) is -2.31. The van der Waals surface area contributed by atoms with Crippen molar-refractivity contribution >= 4 is 22.7 Å². The third-order valence-corrected chi connectivity index (χ3v) is 2.35. The number of nitrogens with two attached hydrogens (primary N) is 1. The number of nitrogens with zero attached hydrogens (tertiary/aromatic N) is 1. The molecule has 0 saturated heterocycles. The first kappa shape index (κ1) is 12.8. The molecule has 8 heteroatoms. The Morgan fingerprint density at radius 2 is 1.93 bits per heavy atom. The number of carboxylic acid groups (broad SMARTS) is 1. The Hall–Kier alpha value is -1.15. The second kappa shape index (κ2) is 4.91. The Labute approximate surface area is 83.0 Å². The normalized spacial score (nSPS) is 14.9. The van der Waals surface area contributed by atoms with Gasteiger partial charge in [-0.2, -0.15) is 0 Å². The van der Waals surface area contributed by atoms with Gasteiger partial charge in [0.25, 0.3) is 0 Å². The highest BCUT2D eigenvalue weighted by Gasteiger charge is 2.22. The maximum absolute atomic E-state index is 11.3. The first-order chi connectivity index (χ1) is 6.29. The van der Waals surface area contributed by atoms with E-state index in [1.54, 1.807) is 0 Å². The molecule has 0 rings (SSSR count). The average molecular weight is 222 g/mol. The molecule has 0 aromatic carbocycles. The maximum Gasteiger partial charge on any atom is 0.324 e. The molecule has 1 amide bonds. The molecule has 0 aromatic heterocycles. The average Bonchev–Trinajstić information content (AvgIpc) is 2.03. The Bertz CT molecular complexity index is 304.